The predicted octanol–water partition coefficient (Wildman–Crippen LogP) is 6.55. The molecule has 0 amide bonds. The van der Waals surface area contributed by atoms with Crippen molar-refractivity contribution in [2.45, 2.75) is 68.2 Å². The molecule has 0 saturated carbocycles. The van der Waals surface area contributed by atoms with Gasteiger partial charge in [0.1, 0.15) is 5.75 Å². The van der Waals surface area contributed by atoms with Crippen LogP contribution in [0.25, 0.3) is 0 Å². The topological polar surface area (TPSA) is 69.7 Å². The average molecular weight is 457 g/mol. The molecule has 1 N–H and O–H groups in total. The highest BCUT2D eigenvalue weighted by Gasteiger charge is 2.38. The lowest BCUT2D eigenvalue weighted by Gasteiger charge is -2.32. The number of benzene rings is 1. The van der Waals surface area contributed by atoms with Crippen LogP contribution in [0.4, 0.5) is 5.69 Å². The van der Waals surface area contributed by atoms with Crippen LogP contribution >= 0.6 is 0 Å². The van der Waals surface area contributed by atoms with E-state index in [1.54, 1.807) is 13.3 Å². The Labute approximate surface area is 199 Å². The van der Waals surface area contributed by atoms with Gasteiger partial charge in [-0.1, -0.05) is 40.3 Å². The number of hydrogen-bond acceptors (Lipinski definition) is 6. The Balaban J connectivity index is 0.00000177. The van der Waals surface area contributed by atoms with Crippen LogP contribution < -0.4 is 14.8 Å². The molecule has 6 nitrogen and oxygen atoms in total. The van der Waals surface area contributed by atoms with Crippen LogP contribution in [0.2, 0.25) is 0 Å². The summed E-state index contributed by atoms with van der Waals surface area (Å²) in [4.78, 5) is 17.7. The largest absolute Gasteiger partial charge is 0.496 e. The Hall–Kier alpha value is -3.02. The number of aryl methyl sites for hydroxylation is 2. The molecular weight excluding hydrogens is 416 g/mol. The van der Waals surface area contributed by atoms with E-state index >= 15 is 0 Å². The van der Waals surface area contributed by atoms with Gasteiger partial charge in [0.15, 0.2) is 0 Å². The molecule has 1 aromatic heterocycles. The van der Waals surface area contributed by atoms with Gasteiger partial charge in [0.25, 0.3) is 0 Å². The van der Waals surface area contributed by atoms with Crippen molar-refractivity contribution in [1.82, 2.24) is 4.98 Å². The van der Waals surface area contributed by atoms with E-state index in [4.69, 9.17) is 14.2 Å². The Morgan fingerprint density at radius 2 is 1.85 bits per heavy atom. The molecule has 0 radical (unpaired) electrons. The van der Waals surface area contributed by atoms with Gasteiger partial charge in [-0.25, -0.2) is 9.78 Å². The molecule has 1 aliphatic heterocycles. The summed E-state index contributed by atoms with van der Waals surface area (Å²) in [5.74, 6) is 0.455. The summed E-state index contributed by atoms with van der Waals surface area (Å²) in [6.45, 7) is 14.6. The van der Waals surface area contributed by atoms with Crippen LogP contribution in [0.1, 0.15) is 76.6 Å². The van der Waals surface area contributed by atoms with E-state index in [0.717, 1.165) is 40.1 Å². The summed E-state index contributed by atoms with van der Waals surface area (Å²) < 4.78 is 17.2. The first-order valence-corrected chi connectivity index (χ1v) is 11.3. The minimum Gasteiger partial charge on any atom is -0.496 e. The highest BCUT2D eigenvalue weighted by atomic mass is 16.5. The molecule has 1 atom stereocenters. The van der Waals surface area contributed by atoms with Gasteiger partial charge >= 0.3 is 5.97 Å². The first-order valence-electron chi connectivity index (χ1n) is 11.3. The van der Waals surface area contributed by atoms with Crippen molar-refractivity contribution < 1.29 is 19.0 Å². The number of fused-ring (bicyclic) bond motifs is 1. The maximum absolute atomic E-state index is 13.2. The molecular formula is C27H40N2O4. The molecule has 0 bridgehead atoms. The first kappa shape index (κ1) is 28.0. The van der Waals surface area contributed by atoms with E-state index in [0.29, 0.717) is 30.4 Å². The van der Waals surface area contributed by atoms with Gasteiger partial charge in [-0.3, -0.25) is 0 Å². The van der Waals surface area contributed by atoms with Crippen molar-refractivity contribution >= 4 is 11.7 Å². The standard InChI is InChI=1S/C24H30N2O4.C2H6.CH4/c1-7-11-30-24(27)19-16(5)26-22-15(4)13-25-23(29-8-2)21(22)20(19)17-10-9-14(3)12-18(17)28-6;1-2;/h9-10,12-13,20,26H,7-8,11H2,1-6H3;1-2H3;1H4. The smallest absolute Gasteiger partial charge is 0.336 e. The summed E-state index contributed by atoms with van der Waals surface area (Å²) in [7, 11) is 1.64. The molecule has 6 heteroatoms. The Morgan fingerprint density at radius 3 is 2.45 bits per heavy atom. The van der Waals surface area contributed by atoms with Crippen LogP contribution in [0, 0.1) is 13.8 Å². The molecule has 0 spiro atoms. The van der Waals surface area contributed by atoms with Gasteiger partial charge in [-0.05, 0) is 51.3 Å². The van der Waals surface area contributed by atoms with Crippen molar-refractivity contribution in [1.29, 1.82) is 0 Å². The summed E-state index contributed by atoms with van der Waals surface area (Å²) in [6.07, 6.45) is 2.54. The van der Waals surface area contributed by atoms with E-state index in [1.807, 2.05) is 66.7 Å². The second-order valence-corrected chi connectivity index (χ2v) is 7.45. The number of nitrogens with zero attached hydrogens (tertiary/aromatic N) is 1. The molecule has 2 heterocycles. The van der Waals surface area contributed by atoms with E-state index in [2.05, 4.69) is 10.3 Å². The third kappa shape index (κ3) is 5.86. The van der Waals surface area contributed by atoms with E-state index in [1.165, 1.54) is 0 Å². The molecule has 1 unspecified atom stereocenters. The molecule has 0 fully saturated rings. The van der Waals surface area contributed by atoms with E-state index < -0.39 is 5.92 Å². The maximum Gasteiger partial charge on any atom is 0.336 e. The van der Waals surface area contributed by atoms with Crippen molar-refractivity contribution in [3.8, 4) is 11.6 Å². The summed E-state index contributed by atoms with van der Waals surface area (Å²) in [5, 5.41) is 3.40. The quantitative estimate of drug-likeness (QED) is 0.476. The van der Waals surface area contributed by atoms with Crippen molar-refractivity contribution in [2.75, 3.05) is 25.6 Å². The summed E-state index contributed by atoms with van der Waals surface area (Å²) >= 11 is 0. The fourth-order valence-electron chi connectivity index (χ4n) is 3.82. The van der Waals surface area contributed by atoms with Gasteiger partial charge in [-0.15, -0.1) is 0 Å². The monoisotopic (exact) mass is 456 g/mol. The highest BCUT2D eigenvalue weighted by molar-refractivity contribution is 5.95. The van der Waals surface area contributed by atoms with Crippen molar-refractivity contribution in [2.24, 2.45) is 0 Å². The molecule has 33 heavy (non-hydrogen) atoms. The van der Waals surface area contributed by atoms with Crippen LogP contribution in [-0.2, 0) is 9.53 Å². The molecule has 3 rings (SSSR count). The molecule has 2 aromatic rings. The van der Waals surface area contributed by atoms with Crippen molar-refractivity contribution in [3.05, 3.63) is 57.9 Å². The normalized spacial score (nSPS) is 14.1. The van der Waals surface area contributed by atoms with Crippen LogP contribution in [0.3, 0.4) is 0 Å². The molecule has 1 aromatic carbocycles. The predicted molar refractivity (Wildman–Crippen MR) is 135 cm³/mol. The summed E-state index contributed by atoms with van der Waals surface area (Å²) in [6, 6.07) is 6.00. The fourth-order valence-corrected chi connectivity index (χ4v) is 3.82. The zero-order chi connectivity index (χ0) is 23.8. The molecule has 182 valence electrons. The number of rotatable bonds is 7. The second-order valence-electron chi connectivity index (χ2n) is 7.45. The third-order valence-electron chi connectivity index (χ3n) is 5.20. The van der Waals surface area contributed by atoms with Gasteiger partial charge < -0.3 is 19.5 Å². The molecule has 0 saturated heterocycles. The van der Waals surface area contributed by atoms with E-state index in [9.17, 15) is 4.79 Å². The summed E-state index contributed by atoms with van der Waals surface area (Å²) in [5.41, 5.74) is 5.97. The van der Waals surface area contributed by atoms with Crippen LogP contribution in [0.5, 0.6) is 11.6 Å². The lowest BCUT2D eigenvalue weighted by atomic mass is 9.79. The first-order chi connectivity index (χ1) is 15.4. The average Bonchev–Trinajstić information content (AvgIpc) is 2.80. The zero-order valence-electron chi connectivity index (χ0n) is 20.6. The van der Waals surface area contributed by atoms with Gasteiger partial charge in [0, 0.05) is 17.5 Å². The SMILES string of the molecule is C.CC.CCCOC(=O)C1=C(C)Nc2c(C)cnc(OCC)c2C1c1ccc(C)cc1OC. The number of esters is 1. The van der Waals surface area contributed by atoms with Gasteiger partial charge in [0.05, 0.1) is 43.1 Å². The van der Waals surface area contributed by atoms with E-state index in [-0.39, 0.29) is 13.4 Å². The lowest BCUT2D eigenvalue weighted by Crippen LogP contribution is -2.26. The number of carbonyl (C=O) groups is 1. The number of ether oxygens (including phenoxy) is 3. The Morgan fingerprint density at radius 1 is 1.15 bits per heavy atom. The Bertz CT molecular complexity index is 982. The number of anilines is 1. The number of pyridine rings is 1. The Kier molecular flexibility index (Phi) is 10.9. The number of nitrogens with one attached hydrogen (secondary N) is 1. The third-order valence-corrected chi connectivity index (χ3v) is 5.20. The number of aromatic nitrogens is 1. The lowest BCUT2D eigenvalue weighted by molar-refractivity contribution is -0.139. The van der Waals surface area contributed by atoms with Crippen molar-refractivity contribution in [3.63, 3.8) is 0 Å². The number of hydrogen-bond donors (Lipinski definition) is 1. The highest BCUT2D eigenvalue weighted by Crippen LogP contribution is 2.49. The van der Waals surface area contributed by atoms with Crippen LogP contribution in [-0.4, -0.2) is 31.3 Å². The minimum absolute atomic E-state index is 0. The molecule has 0 aliphatic carbocycles. The minimum atomic E-state index is -0.421. The fraction of sp³-hybridized carbons (Fsp3) is 0.481. The second kappa shape index (κ2) is 12.9. The molecule has 1 aliphatic rings. The van der Waals surface area contributed by atoms with Gasteiger partial charge in [-0.2, -0.15) is 0 Å². The van der Waals surface area contributed by atoms with Gasteiger partial charge in [0.2, 0.25) is 5.88 Å². The number of methoxy groups -OCH3 is 1. The number of carbonyl (C=O) groups excluding carboxylic acids is 1. The van der Waals surface area contributed by atoms with Crippen LogP contribution in [0.15, 0.2) is 35.7 Å². The number of allylic oxidation sites excluding steroid dienone is 1. The maximum atomic E-state index is 13.2. The zero-order valence-corrected chi connectivity index (χ0v) is 20.6.